The Bertz CT molecular complexity index is 713. The van der Waals surface area contributed by atoms with Crippen molar-refractivity contribution < 1.29 is 4.79 Å². The number of thiophene rings is 1. The van der Waals surface area contributed by atoms with Crippen LogP contribution in [-0.4, -0.2) is 46.9 Å². The van der Waals surface area contributed by atoms with Gasteiger partial charge in [-0.1, -0.05) is 6.08 Å². The summed E-state index contributed by atoms with van der Waals surface area (Å²) in [7, 11) is 0. The fraction of sp³-hybridized carbons (Fsp3) is 0.444. The summed E-state index contributed by atoms with van der Waals surface area (Å²) in [4.78, 5) is 22.2. The van der Waals surface area contributed by atoms with Crippen molar-refractivity contribution >= 4 is 28.6 Å². The minimum Gasteiger partial charge on any atom is -0.338 e. The molecule has 2 aromatic heterocycles. The molecule has 0 N–H and O–H groups in total. The van der Waals surface area contributed by atoms with Crippen LogP contribution in [0.1, 0.15) is 22.9 Å². The molecule has 2 aromatic rings. The van der Waals surface area contributed by atoms with Crippen molar-refractivity contribution in [2.24, 2.45) is 5.41 Å². The molecule has 0 radical (unpaired) electrons. The fourth-order valence-electron chi connectivity index (χ4n) is 4.15. The van der Waals surface area contributed by atoms with Crippen LogP contribution in [0.4, 0.5) is 0 Å². The molecular weight excluding hydrogens is 338 g/mol. The minimum atomic E-state index is -0.309. The smallest absolute Gasteiger partial charge is 0.231 e. The van der Waals surface area contributed by atoms with Crippen LogP contribution in [0, 0.1) is 5.41 Å². The third-order valence-electron chi connectivity index (χ3n) is 5.24. The lowest BCUT2D eigenvalue weighted by molar-refractivity contribution is -0.135. The maximum absolute atomic E-state index is 13.2. The van der Waals surface area contributed by atoms with E-state index in [2.05, 4.69) is 33.3 Å². The molecule has 2 saturated heterocycles. The molecule has 4 heterocycles. The zero-order valence-corrected chi connectivity index (χ0v) is 15.2. The third-order valence-corrected chi connectivity index (χ3v) is 6.86. The standard InChI is InChI=1S/C18H21N3OS2/c1-2-6-21-7-4-18(17(21)22)13-20(10-14-3-8-23-12-14)11-15(18)16-19-5-9-24-16/h2-3,5,8-9,12,15H,1,4,6-7,10-11,13H2/t15-,18-/m1/s1. The number of rotatable bonds is 5. The minimum absolute atomic E-state index is 0.207. The number of aromatic nitrogens is 1. The number of carbonyl (C=O) groups is 1. The molecule has 4 nitrogen and oxygen atoms in total. The summed E-state index contributed by atoms with van der Waals surface area (Å²) in [5, 5.41) is 7.44. The largest absolute Gasteiger partial charge is 0.338 e. The van der Waals surface area contributed by atoms with Gasteiger partial charge in [0.25, 0.3) is 0 Å². The maximum atomic E-state index is 13.2. The zero-order chi connectivity index (χ0) is 16.6. The normalized spacial score (nSPS) is 27.4. The second kappa shape index (κ2) is 6.43. The summed E-state index contributed by atoms with van der Waals surface area (Å²) in [6.07, 6.45) is 4.60. The average Bonchev–Trinajstić information content (AvgIpc) is 3.34. The summed E-state index contributed by atoms with van der Waals surface area (Å²) in [6, 6.07) is 2.18. The topological polar surface area (TPSA) is 36.4 Å². The van der Waals surface area contributed by atoms with Gasteiger partial charge < -0.3 is 4.90 Å². The predicted molar refractivity (Wildman–Crippen MR) is 98.3 cm³/mol. The van der Waals surface area contributed by atoms with Crippen LogP contribution in [0.15, 0.2) is 41.1 Å². The second-order valence-electron chi connectivity index (χ2n) is 6.67. The van der Waals surface area contributed by atoms with E-state index < -0.39 is 0 Å². The van der Waals surface area contributed by atoms with E-state index in [0.29, 0.717) is 6.54 Å². The van der Waals surface area contributed by atoms with Crippen LogP contribution < -0.4 is 0 Å². The van der Waals surface area contributed by atoms with Crippen LogP contribution in [0.5, 0.6) is 0 Å². The molecule has 24 heavy (non-hydrogen) atoms. The molecule has 2 aliphatic heterocycles. The van der Waals surface area contributed by atoms with E-state index >= 15 is 0 Å². The summed E-state index contributed by atoms with van der Waals surface area (Å²) in [6.45, 7) is 7.94. The van der Waals surface area contributed by atoms with Crippen LogP contribution in [-0.2, 0) is 11.3 Å². The van der Waals surface area contributed by atoms with Gasteiger partial charge in [0.2, 0.25) is 5.91 Å². The monoisotopic (exact) mass is 359 g/mol. The molecule has 2 fully saturated rings. The molecule has 0 aromatic carbocycles. The van der Waals surface area contributed by atoms with Crippen LogP contribution in [0.25, 0.3) is 0 Å². The van der Waals surface area contributed by atoms with Crippen molar-refractivity contribution in [2.75, 3.05) is 26.2 Å². The Morgan fingerprint density at radius 3 is 3.08 bits per heavy atom. The Hall–Kier alpha value is -1.50. The number of hydrogen-bond acceptors (Lipinski definition) is 5. The lowest BCUT2D eigenvalue weighted by atomic mass is 9.77. The van der Waals surface area contributed by atoms with Crippen molar-refractivity contribution in [3.05, 3.63) is 51.6 Å². The number of hydrogen-bond donors (Lipinski definition) is 0. The van der Waals surface area contributed by atoms with E-state index in [1.165, 1.54) is 5.56 Å². The summed E-state index contributed by atoms with van der Waals surface area (Å²) >= 11 is 3.41. The first-order valence-corrected chi connectivity index (χ1v) is 10.1. The molecule has 0 bridgehead atoms. The Morgan fingerprint density at radius 1 is 1.46 bits per heavy atom. The maximum Gasteiger partial charge on any atom is 0.231 e. The number of amides is 1. The van der Waals surface area contributed by atoms with E-state index in [1.807, 2.05) is 22.6 Å². The van der Waals surface area contributed by atoms with E-state index in [1.54, 1.807) is 22.7 Å². The molecule has 6 heteroatoms. The molecule has 1 spiro atoms. The van der Waals surface area contributed by atoms with Gasteiger partial charge in [0.15, 0.2) is 0 Å². The average molecular weight is 360 g/mol. The van der Waals surface area contributed by atoms with E-state index in [4.69, 9.17) is 0 Å². The van der Waals surface area contributed by atoms with Gasteiger partial charge >= 0.3 is 0 Å². The van der Waals surface area contributed by atoms with Gasteiger partial charge in [-0.25, -0.2) is 4.98 Å². The van der Waals surface area contributed by atoms with Gasteiger partial charge in [0, 0.05) is 50.2 Å². The first-order chi connectivity index (χ1) is 11.7. The molecule has 2 aliphatic rings. The van der Waals surface area contributed by atoms with E-state index in [0.717, 1.165) is 37.6 Å². The lowest BCUT2D eigenvalue weighted by Gasteiger charge is -2.27. The van der Waals surface area contributed by atoms with Crippen molar-refractivity contribution in [3.63, 3.8) is 0 Å². The van der Waals surface area contributed by atoms with Crippen molar-refractivity contribution in [3.8, 4) is 0 Å². The van der Waals surface area contributed by atoms with E-state index in [9.17, 15) is 4.79 Å². The molecule has 0 aliphatic carbocycles. The van der Waals surface area contributed by atoms with Crippen LogP contribution >= 0.6 is 22.7 Å². The number of nitrogens with zero attached hydrogens (tertiary/aromatic N) is 3. The van der Waals surface area contributed by atoms with Crippen molar-refractivity contribution in [1.82, 2.24) is 14.8 Å². The molecule has 4 rings (SSSR count). The fourth-order valence-corrected chi connectivity index (χ4v) is 5.65. The Balaban J connectivity index is 1.62. The Labute approximate surface area is 150 Å². The summed E-state index contributed by atoms with van der Waals surface area (Å²) in [5.41, 5.74) is 1.03. The highest BCUT2D eigenvalue weighted by atomic mass is 32.1. The summed E-state index contributed by atoms with van der Waals surface area (Å²) < 4.78 is 0. The van der Waals surface area contributed by atoms with Crippen molar-refractivity contribution in [2.45, 2.75) is 18.9 Å². The van der Waals surface area contributed by atoms with Gasteiger partial charge in [-0.05, 0) is 28.8 Å². The summed E-state index contributed by atoms with van der Waals surface area (Å²) in [5.74, 6) is 0.494. The first-order valence-electron chi connectivity index (χ1n) is 8.26. The molecule has 1 amide bonds. The Morgan fingerprint density at radius 2 is 2.38 bits per heavy atom. The number of thiazole rings is 1. The van der Waals surface area contributed by atoms with Gasteiger partial charge in [0.05, 0.1) is 10.4 Å². The molecule has 0 unspecified atom stereocenters. The quantitative estimate of drug-likeness (QED) is 0.769. The van der Waals surface area contributed by atoms with Crippen LogP contribution in [0.2, 0.25) is 0 Å². The SMILES string of the molecule is C=CCN1CC[C@]2(CN(Cc3ccsc3)C[C@@H]2c2nccs2)C1=O. The highest BCUT2D eigenvalue weighted by Gasteiger charge is 2.57. The molecule has 2 atom stereocenters. The third kappa shape index (κ3) is 2.62. The van der Waals surface area contributed by atoms with Crippen molar-refractivity contribution in [1.29, 1.82) is 0 Å². The highest BCUT2D eigenvalue weighted by Crippen LogP contribution is 2.50. The van der Waals surface area contributed by atoms with Gasteiger partial charge in [-0.3, -0.25) is 9.69 Å². The first kappa shape index (κ1) is 16.0. The second-order valence-corrected chi connectivity index (χ2v) is 8.38. The number of carbonyl (C=O) groups excluding carboxylic acids is 1. The molecular formula is C18H21N3OS2. The molecule has 126 valence electrons. The van der Waals surface area contributed by atoms with Gasteiger partial charge in [-0.15, -0.1) is 17.9 Å². The number of likely N-dealkylation sites (tertiary alicyclic amines) is 2. The van der Waals surface area contributed by atoms with Gasteiger partial charge in [0.1, 0.15) is 0 Å². The van der Waals surface area contributed by atoms with Crippen LogP contribution in [0.3, 0.4) is 0 Å². The zero-order valence-electron chi connectivity index (χ0n) is 13.6. The molecule has 0 saturated carbocycles. The highest BCUT2D eigenvalue weighted by molar-refractivity contribution is 7.09. The van der Waals surface area contributed by atoms with E-state index in [-0.39, 0.29) is 17.2 Å². The Kier molecular flexibility index (Phi) is 4.28. The predicted octanol–water partition coefficient (Wildman–Crippen LogP) is 3.21. The van der Waals surface area contributed by atoms with Gasteiger partial charge in [-0.2, -0.15) is 11.3 Å². The lowest BCUT2D eigenvalue weighted by Crippen LogP contribution is -2.39.